The largest absolute Gasteiger partial charge is 0.330 e. The molecule has 2 aliphatic rings. The fraction of sp³-hybridized carbons (Fsp3) is 1.00. The lowest BCUT2D eigenvalue weighted by Crippen LogP contribution is -2.54. The van der Waals surface area contributed by atoms with Crippen molar-refractivity contribution in [1.82, 2.24) is 13.9 Å². The molecule has 118 valence electrons. The van der Waals surface area contributed by atoms with Gasteiger partial charge in [-0.25, -0.2) is 0 Å². The SMILES string of the molecule is CC1CN(C)CCC1NS(=O)(=O)N1CCCC(CN)C1. The first-order valence-corrected chi connectivity index (χ1v) is 9.02. The van der Waals surface area contributed by atoms with E-state index >= 15 is 0 Å². The summed E-state index contributed by atoms with van der Waals surface area (Å²) in [4.78, 5) is 2.25. The highest BCUT2D eigenvalue weighted by Crippen LogP contribution is 2.20. The van der Waals surface area contributed by atoms with Crippen LogP contribution in [0.2, 0.25) is 0 Å². The van der Waals surface area contributed by atoms with E-state index in [4.69, 9.17) is 5.73 Å². The summed E-state index contributed by atoms with van der Waals surface area (Å²) in [5.41, 5.74) is 5.68. The maximum atomic E-state index is 12.5. The summed E-state index contributed by atoms with van der Waals surface area (Å²) in [7, 11) is -1.29. The van der Waals surface area contributed by atoms with Gasteiger partial charge in [-0.15, -0.1) is 0 Å². The predicted molar refractivity (Wildman–Crippen MR) is 80.5 cm³/mol. The van der Waals surface area contributed by atoms with Crippen LogP contribution in [0.3, 0.4) is 0 Å². The molecule has 20 heavy (non-hydrogen) atoms. The molecule has 0 aromatic carbocycles. The lowest BCUT2D eigenvalue weighted by Gasteiger charge is -2.37. The average molecular weight is 304 g/mol. The van der Waals surface area contributed by atoms with Crippen LogP contribution in [0.25, 0.3) is 0 Å². The molecule has 7 heteroatoms. The molecule has 2 aliphatic heterocycles. The summed E-state index contributed by atoms with van der Waals surface area (Å²) in [5, 5.41) is 0. The third-order valence-corrected chi connectivity index (χ3v) is 6.18. The van der Waals surface area contributed by atoms with Gasteiger partial charge in [0.25, 0.3) is 10.2 Å². The van der Waals surface area contributed by atoms with Crippen molar-refractivity contribution < 1.29 is 8.42 Å². The van der Waals surface area contributed by atoms with E-state index in [9.17, 15) is 8.42 Å². The first-order valence-electron chi connectivity index (χ1n) is 7.58. The lowest BCUT2D eigenvalue weighted by atomic mass is 9.95. The maximum absolute atomic E-state index is 12.5. The monoisotopic (exact) mass is 304 g/mol. The number of hydrogen-bond acceptors (Lipinski definition) is 4. The third kappa shape index (κ3) is 3.92. The summed E-state index contributed by atoms with van der Waals surface area (Å²) >= 11 is 0. The van der Waals surface area contributed by atoms with E-state index in [1.54, 1.807) is 4.31 Å². The molecule has 0 aliphatic carbocycles. The lowest BCUT2D eigenvalue weighted by molar-refractivity contribution is 0.185. The van der Waals surface area contributed by atoms with Gasteiger partial charge in [0, 0.05) is 25.7 Å². The minimum atomic E-state index is -3.37. The highest BCUT2D eigenvalue weighted by molar-refractivity contribution is 7.87. The van der Waals surface area contributed by atoms with Crippen LogP contribution < -0.4 is 10.5 Å². The molecule has 3 N–H and O–H groups in total. The van der Waals surface area contributed by atoms with Crippen LogP contribution in [0.4, 0.5) is 0 Å². The topological polar surface area (TPSA) is 78.7 Å². The van der Waals surface area contributed by atoms with Crippen LogP contribution in [0.1, 0.15) is 26.2 Å². The Bertz CT molecular complexity index is 415. The van der Waals surface area contributed by atoms with E-state index in [2.05, 4.69) is 23.6 Å². The number of hydrogen-bond donors (Lipinski definition) is 2. The number of rotatable bonds is 4. The van der Waals surface area contributed by atoms with E-state index < -0.39 is 10.2 Å². The standard InChI is InChI=1S/C13H28N4O2S/c1-11-9-16(2)7-5-13(11)15-20(18,19)17-6-3-4-12(8-14)10-17/h11-13,15H,3-10,14H2,1-2H3. The van der Waals surface area contributed by atoms with Crippen molar-refractivity contribution in [2.24, 2.45) is 17.6 Å². The summed E-state index contributed by atoms with van der Waals surface area (Å²) in [6.07, 6.45) is 2.82. The predicted octanol–water partition coefficient (Wildman–Crippen LogP) is -0.168. The van der Waals surface area contributed by atoms with E-state index in [1.807, 2.05) is 0 Å². The number of nitrogens with two attached hydrogens (primary N) is 1. The van der Waals surface area contributed by atoms with Crippen molar-refractivity contribution in [2.45, 2.75) is 32.2 Å². The molecule has 0 radical (unpaired) electrons. The second-order valence-electron chi connectivity index (χ2n) is 6.36. The zero-order valence-corrected chi connectivity index (χ0v) is 13.4. The van der Waals surface area contributed by atoms with Gasteiger partial charge in [0.05, 0.1) is 0 Å². The molecule has 0 saturated carbocycles. The van der Waals surface area contributed by atoms with E-state index in [1.165, 1.54) is 0 Å². The number of piperidine rings is 2. The Morgan fingerprint density at radius 2 is 2.00 bits per heavy atom. The van der Waals surface area contributed by atoms with Gasteiger partial charge in [-0.2, -0.15) is 17.4 Å². The van der Waals surface area contributed by atoms with Crippen LogP contribution in [0, 0.1) is 11.8 Å². The summed E-state index contributed by atoms with van der Waals surface area (Å²) in [6.45, 7) is 5.75. The van der Waals surface area contributed by atoms with Gasteiger partial charge in [-0.05, 0) is 51.2 Å². The zero-order valence-electron chi connectivity index (χ0n) is 12.6. The fourth-order valence-corrected chi connectivity index (χ4v) is 4.89. The minimum Gasteiger partial charge on any atom is -0.330 e. The molecular formula is C13H28N4O2S. The second kappa shape index (κ2) is 6.70. The van der Waals surface area contributed by atoms with Crippen molar-refractivity contribution in [3.63, 3.8) is 0 Å². The molecule has 3 atom stereocenters. The summed E-state index contributed by atoms with van der Waals surface area (Å²) in [6, 6.07) is 0.0504. The molecule has 0 aromatic rings. The maximum Gasteiger partial charge on any atom is 0.279 e. The Hall–Kier alpha value is -0.210. The second-order valence-corrected chi connectivity index (χ2v) is 8.06. The Labute approximate surface area is 122 Å². The van der Waals surface area contributed by atoms with E-state index in [0.29, 0.717) is 31.5 Å². The average Bonchev–Trinajstić information content (AvgIpc) is 2.42. The van der Waals surface area contributed by atoms with Crippen LogP contribution >= 0.6 is 0 Å². The zero-order chi connectivity index (χ0) is 14.8. The molecule has 2 fully saturated rings. The number of nitrogens with zero attached hydrogens (tertiary/aromatic N) is 2. The highest BCUT2D eigenvalue weighted by Gasteiger charge is 2.33. The van der Waals surface area contributed by atoms with E-state index in [0.717, 1.165) is 32.4 Å². The number of nitrogens with one attached hydrogen (secondary N) is 1. The normalized spacial score (nSPS) is 34.2. The van der Waals surface area contributed by atoms with Crippen molar-refractivity contribution in [3.05, 3.63) is 0 Å². The van der Waals surface area contributed by atoms with E-state index in [-0.39, 0.29) is 6.04 Å². The Morgan fingerprint density at radius 1 is 1.25 bits per heavy atom. The third-order valence-electron chi connectivity index (χ3n) is 4.56. The van der Waals surface area contributed by atoms with Crippen LogP contribution in [-0.4, -0.2) is 63.4 Å². The van der Waals surface area contributed by atoms with Crippen LogP contribution in [-0.2, 0) is 10.2 Å². The van der Waals surface area contributed by atoms with Gasteiger partial charge in [0.1, 0.15) is 0 Å². The highest BCUT2D eigenvalue weighted by atomic mass is 32.2. The van der Waals surface area contributed by atoms with Crippen molar-refractivity contribution in [1.29, 1.82) is 0 Å². The Kier molecular flexibility index (Phi) is 5.42. The van der Waals surface area contributed by atoms with Gasteiger partial charge >= 0.3 is 0 Å². The molecule has 3 unspecified atom stereocenters. The molecule has 0 spiro atoms. The molecule has 0 aromatic heterocycles. The molecule has 6 nitrogen and oxygen atoms in total. The fourth-order valence-electron chi connectivity index (χ4n) is 3.23. The number of likely N-dealkylation sites (tertiary alicyclic amines) is 1. The van der Waals surface area contributed by atoms with Gasteiger partial charge in [-0.3, -0.25) is 0 Å². The molecule has 2 rings (SSSR count). The Morgan fingerprint density at radius 3 is 2.65 bits per heavy atom. The molecule has 2 heterocycles. The van der Waals surface area contributed by atoms with Gasteiger partial charge < -0.3 is 10.6 Å². The van der Waals surface area contributed by atoms with Crippen LogP contribution in [0.5, 0.6) is 0 Å². The molecular weight excluding hydrogens is 276 g/mol. The summed E-state index contributed by atoms with van der Waals surface area (Å²) in [5.74, 6) is 0.647. The van der Waals surface area contributed by atoms with Gasteiger partial charge in [0.2, 0.25) is 0 Å². The van der Waals surface area contributed by atoms with Crippen molar-refractivity contribution >= 4 is 10.2 Å². The van der Waals surface area contributed by atoms with Gasteiger partial charge in [-0.1, -0.05) is 6.92 Å². The minimum absolute atomic E-state index is 0.0504. The quantitative estimate of drug-likeness (QED) is 0.756. The van der Waals surface area contributed by atoms with Crippen molar-refractivity contribution in [3.8, 4) is 0 Å². The van der Waals surface area contributed by atoms with Gasteiger partial charge in [0.15, 0.2) is 0 Å². The molecule has 0 amide bonds. The first kappa shape index (κ1) is 16.2. The Balaban J connectivity index is 1.96. The van der Waals surface area contributed by atoms with Crippen LogP contribution in [0.15, 0.2) is 0 Å². The first-order chi connectivity index (χ1) is 9.42. The summed E-state index contributed by atoms with van der Waals surface area (Å²) < 4.78 is 29.5. The molecule has 0 bridgehead atoms. The van der Waals surface area contributed by atoms with Crippen molar-refractivity contribution in [2.75, 3.05) is 39.8 Å². The smallest absolute Gasteiger partial charge is 0.279 e. The molecule has 2 saturated heterocycles.